The number of amides is 5. The standard InChI is InChI=1S/C24H25N3O6/c1-24(15-10-11-18(32-2)19(14-15)33-3)22(30)27(23(31)25-24)13-7-6-12-26-20(28)16-8-4-5-9-17(16)21(26)29/h4-5,8-11,14H,6-7,12-13H2,1-3H3,(H,25,31). The predicted octanol–water partition coefficient (Wildman–Crippen LogP) is 2.55. The van der Waals surface area contributed by atoms with Gasteiger partial charge in [-0.05, 0) is 49.6 Å². The van der Waals surface area contributed by atoms with E-state index >= 15 is 0 Å². The third-order valence-electron chi connectivity index (χ3n) is 6.13. The zero-order valence-corrected chi connectivity index (χ0v) is 18.7. The highest BCUT2D eigenvalue weighted by atomic mass is 16.5. The van der Waals surface area contributed by atoms with E-state index in [1.807, 2.05) is 0 Å². The molecule has 5 amide bonds. The number of ether oxygens (including phenoxy) is 2. The molecule has 2 aliphatic rings. The van der Waals surface area contributed by atoms with Gasteiger partial charge in [0, 0.05) is 13.1 Å². The zero-order chi connectivity index (χ0) is 23.8. The number of nitrogens with one attached hydrogen (secondary N) is 1. The Morgan fingerprint density at radius 1 is 0.818 bits per heavy atom. The van der Waals surface area contributed by atoms with Crippen molar-refractivity contribution in [2.24, 2.45) is 0 Å². The number of methoxy groups -OCH3 is 2. The van der Waals surface area contributed by atoms with Gasteiger partial charge < -0.3 is 14.8 Å². The molecule has 0 saturated carbocycles. The van der Waals surface area contributed by atoms with Crippen LogP contribution in [0.5, 0.6) is 11.5 Å². The number of hydrogen-bond acceptors (Lipinski definition) is 6. The molecule has 1 N–H and O–H groups in total. The molecule has 0 radical (unpaired) electrons. The number of benzene rings is 2. The quantitative estimate of drug-likeness (QED) is 0.376. The molecule has 2 aliphatic heterocycles. The van der Waals surface area contributed by atoms with E-state index in [2.05, 4.69) is 5.32 Å². The summed E-state index contributed by atoms with van der Waals surface area (Å²) in [6, 6.07) is 11.3. The Kier molecular flexibility index (Phi) is 5.80. The first-order valence-electron chi connectivity index (χ1n) is 10.6. The minimum Gasteiger partial charge on any atom is -0.493 e. The lowest BCUT2D eigenvalue weighted by Gasteiger charge is -2.23. The molecule has 172 valence electrons. The molecule has 1 fully saturated rings. The number of unbranched alkanes of at least 4 members (excludes halogenated alkanes) is 1. The Hall–Kier alpha value is -3.88. The second kappa shape index (κ2) is 8.57. The summed E-state index contributed by atoms with van der Waals surface area (Å²) in [7, 11) is 3.02. The summed E-state index contributed by atoms with van der Waals surface area (Å²) in [6.07, 6.45) is 0.921. The first-order chi connectivity index (χ1) is 15.8. The number of rotatable bonds is 8. The van der Waals surface area contributed by atoms with Crippen LogP contribution in [0.1, 0.15) is 46.0 Å². The molecule has 0 bridgehead atoms. The molecule has 1 atom stereocenters. The summed E-state index contributed by atoms with van der Waals surface area (Å²) in [4.78, 5) is 53.0. The summed E-state index contributed by atoms with van der Waals surface area (Å²) in [5.74, 6) is -0.0250. The Morgan fingerprint density at radius 2 is 1.39 bits per heavy atom. The van der Waals surface area contributed by atoms with Crippen LogP contribution in [0, 0.1) is 0 Å². The highest BCUT2D eigenvalue weighted by Gasteiger charge is 2.49. The molecule has 0 spiro atoms. The second-order valence-corrected chi connectivity index (χ2v) is 8.10. The number of fused-ring (bicyclic) bond motifs is 1. The molecule has 1 saturated heterocycles. The topological polar surface area (TPSA) is 105 Å². The SMILES string of the molecule is COc1ccc(C2(C)NC(=O)N(CCCCN3C(=O)c4ccccc4C3=O)C2=O)cc1OC. The van der Waals surface area contributed by atoms with Gasteiger partial charge in [0.1, 0.15) is 5.54 Å². The van der Waals surface area contributed by atoms with Crippen LogP contribution in [-0.4, -0.2) is 60.9 Å². The molecular weight excluding hydrogens is 426 g/mol. The fourth-order valence-electron chi connectivity index (χ4n) is 4.22. The van der Waals surface area contributed by atoms with Crippen molar-refractivity contribution in [3.63, 3.8) is 0 Å². The van der Waals surface area contributed by atoms with Crippen LogP contribution >= 0.6 is 0 Å². The van der Waals surface area contributed by atoms with Crippen LogP contribution in [-0.2, 0) is 10.3 Å². The molecule has 0 aromatic heterocycles. The van der Waals surface area contributed by atoms with E-state index in [0.717, 1.165) is 0 Å². The maximum absolute atomic E-state index is 13.1. The van der Waals surface area contributed by atoms with Crippen LogP contribution in [0.15, 0.2) is 42.5 Å². The third kappa shape index (κ3) is 3.69. The van der Waals surface area contributed by atoms with Crippen LogP contribution in [0.4, 0.5) is 4.79 Å². The van der Waals surface area contributed by atoms with E-state index in [-0.39, 0.29) is 30.8 Å². The molecule has 33 heavy (non-hydrogen) atoms. The number of nitrogens with zero attached hydrogens (tertiary/aromatic N) is 2. The summed E-state index contributed by atoms with van der Waals surface area (Å²) >= 11 is 0. The molecule has 2 aromatic rings. The van der Waals surface area contributed by atoms with Crippen LogP contribution < -0.4 is 14.8 Å². The summed E-state index contributed by atoms with van der Waals surface area (Å²) in [6.45, 7) is 2.05. The maximum Gasteiger partial charge on any atom is 0.325 e. The Morgan fingerprint density at radius 3 is 1.97 bits per heavy atom. The zero-order valence-electron chi connectivity index (χ0n) is 18.7. The van der Waals surface area contributed by atoms with E-state index < -0.39 is 11.6 Å². The van der Waals surface area contributed by atoms with Crippen LogP contribution in [0.2, 0.25) is 0 Å². The normalized spacial score (nSPS) is 19.7. The van der Waals surface area contributed by atoms with E-state index in [4.69, 9.17) is 9.47 Å². The first-order valence-corrected chi connectivity index (χ1v) is 10.6. The largest absolute Gasteiger partial charge is 0.493 e. The van der Waals surface area contributed by atoms with Crippen molar-refractivity contribution in [1.29, 1.82) is 0 Å². The van der Waals surface area contributed by atoms with Crippen LogP contribution in [0.25, 0.3) is 0 Å². The van der Waals surface area contributed by atoms with Crippen molar-refractivity contribution in [3.05, 3.63) is 59.2 Å². The lowest BCUT2D eigenvalue weighted by atomic mass is 9.91. The fraction of sp³-hybridized carbons (Fsp3) is 0.333. The first kappa shape index (κ1) is 22.3. The molecule has 0 aliphatic carbocycles. The molecule has 9 heteroatoms. The van der Waals surface area contributed by atoms with Crippen LogP contribution in [0.3, 0.4) is 0 Å². The van der Waals surface area contributed by atoms with E-state index in [9.17, 15) is 19.2 Å². The predicted molar refractivity (Wildman–Crippen MR) is 118 cm³/mol. The average molecular weight is 451 g/mol. The van der Waals surface area contributed by atoms with Crippen molar-refractivity contribution < 1.29 is 28.7 Å². The van der Waals surface area contributed by atoms with Gasteiger partial charge in [0.25, 0.3) is 17.7 Å². The highest BCUT2D eigenvalue weighted by molar-refractivity contribution is 6.21. The highest BCUT2D eigenvalue weighted by Crippen LogP contribution is 2.35. The van der Waals surface area contributed by atoms with Crippen molar-refractivity contribution in [2.75, 3.05) is 27.3 Å². The lowest BCUT2D eigenvalue weighted by molar-refractivity contribution is -0.131. The second-order valence-electron chi connectivity index (χ2n) is 8.10. The van der Waals surface area contributed by atoms with Crippen molar-refractivity contribution in [2.45, 2.75) is 25.3 Å². The van der Waals surface area contributed by atoms with Crippen molar-refractivity contribution >= 4 is 23.8 Å². The number of hydrogen-bond donors (Lipinski definition) is 1. The number of carbonyl (C=O) groups is 4. The number of carbonyl (C=O) groups excluding carboxylic acids is 4. The number of imide groups is 2. The van der Waals surface area contributed by atoms with Gasteiger partial charge in [0.15, 0.2) is 11.5 Å². The molecule has 4 rings (SSSR count). The minimum absolute atomic E-state index is 0.177. The third-order valence-corrected chi connectivity index (χ3v) is 6.13. The Balaban J connectivity index is 1.38. The minimum atomic E-state index is -1.24. The lowest BCUT2D eigenvalue weighted by Crippen LogP contribution is -2.41. The maximum atomic E-state index is 13.1. The molecule has 2 heterocycles. The van der Waals surface area contributed by atoms with Crippen molar-refractivity contribution in [1.82, 2.24) is 15.1 Å². The summed E-state index contributed by atoms with van der Waals surface area (Å²) < 4.78 is 10.6. The van der Waals surface area contributed by atoms with Gasteiger partial charge in [-0.25, -0.2) is 4.79 Å². The van der Waals surface area contributed by atoms with E-state index in [1.54, 1.807) is 49.4 Å². The molecule has 2 aromatic carbocycles. The van der Waals surface area contributed by atoms with Gasteiger partial charge in [-0.2, -0.15) is 0 Å². The smallest absolute Gasteiger partial charge is 0.325 e. The molecular formula is C24H25N3O6. The molecule has 1 unspecified atom stereocenters. The van der Waals surface area contributed by atoms with Gasteiger partial charge in [-0.15, -0.1) is 0 Å². The fourth-order valence-corrected chi connectivity index (χ4v) is 4.22. The van der Waals surface area contributed by atoms with E-state index in [0.29, 0.717) is 41.0 Å². The monoisotopic (exact) mass is 451 g/mol. The summed E-state index contributed by atoms with van der Waals surface area (Å²) in [5, 5.41) is 2.77. The van der Waals surface area contributed by atoms with Gasteiger partial charge in [0.2, 0.25) is 0 Å². The Bertz CT molecular complexity index is 1110. The van der Waals surface area contributed by atoms with Gasteiger partial charge in [-0.1, -0.05) is 18.2 Å². The van der Waals surface area contributed by atoms with Gasteiger partial charge >= 0.3 is 6.03 Å². The number of urea groups is 1. The van der Waals surface area contributed by atoms with Gasteiger partial charge in [0.05, 0.1) is 25.3 Å². The van der Waals surface area contributed by atoms with Gasteiger partial charge in [-0.3, -0.25) is 24.2 Å². The average Bonchev–Trinajstić information content (AvgIpc) is 3.20. The molecule has 9 nitrogen and oxygen atoms in total. The Labute approximate surface area is 191 Å². The summed E-state index contributed by atoms with van der Waals surface area (Å²) in [5.41, 5.74) is 0.149. The van der Waals surface area contributed by atoms with Crippen molar-refractivity contribution in [3.8, 4) is 11.5 Å². The van der Waals surface area contributed by atoms with E-state index in [1.165, 1.54) is 24.0 Å².